The van der Waals surface area contributed by atoms with E-state index in [1.165, 1.54) is 6.07 Å². The zero-order chi connectivity index (χ0) is 14.2. The topological polar surface area (TPSA) is 24.9 Å². The standard InChI is InChI=1S/C15H18F2N2/c1-5-18-12-8-14(15(2,3)4)19-13-7-11(17)10(16)6-9(12)13/h6-8H,5H2,1-4H3,(H,18,19). The van der Waals surface area contributed by atoms with Crippen LogP contribution in [0.15, 0.2) is 18.2 Å². The van der Waals surface area contributed by atoms with E-state index in [0.717, 1.165) is 17.4 Å². The Morgan fingerprint density at radius 1 is 1.11 bits per heavy atom. The molecule has 0 unspecified atom stereocenters. The van der Waals surface area contributed by atoms with Gasteiger partial charge < -0.3 is 5.32 Å². The predicted molar refractivity (Wildman–Crippen MR) is 74.5 cm³/mol. The number of fused-ring (bicyclic) bond motifs is 1. The lowest BCUT2D eigenvalue weighted by Crippen LogP contribution is -2.14. The predicted octanol–water partition coefficient (Wildman–Crippen LogP) is 4.24. The molecule has 0 aliphatic rings. The van der Waals surface area contributed by atoms with Gasteiger partial charge in [-0.3, -0.25) is 4.98 Å². The van der Waals surface area contributed by atoms with E-state index >= 15 is 0 Å². The third-order valence-electron chi connectivity index (χ3n) is 2.99. The smallest absolute Gasteiger partial charge is 0.161 e. The van der Waals surface area contributed by atoms with Crippen molar-refractivity contribution in [1.29, 1.82) is 0 Å². The summed E-state index contributed by atoms with van der Waals surface area (Å²) in [6.07, 6.45) is 0. The highest BCUT2D eigenvalue weighted by molar-refractivity contribution is 5.91. The van der Waals surface area contributed by atoms with Crippen LogP contribution in [0.4, 0.5) is 14.5 Å². The van der Waals surface area contributed by atoms with Gasteiger partial charge in [0.15, 0.2) is 11.6 Å². The first kappa shape index (κ1) is 13.7. The van der Waals surface area contributed by atoms with E-state index in [9.17, 15) is 8.78 Å². The SMILES string of the molecule is CCNc1cc(C(C)(C)C)nc2cc(F)c(F)cc12. The van der Waals surface area contributed by atoms with Crippen molar-refractivity contribution in [3.05, 3.63) is 35.5 Å². The number of pyridine rings is 1. The number of hydrogen-bond donors (Lipinski definition) is 1. The van der Waals surface area contributed by atoms with Crippen LogP contribution < -0.4 is 5.32 Å². The van der Waals surface area contributed by atoms with E-state index in [2.05, 4.69) is 10.3 Å². The molecule has 0 spiro atoms. The summed E-state index contributed by atoms with van der Waals surface area (Å²) in [7, 11) is 0. The molecule has 2 aromatic rings. The Bertz CT molecular complexity index is 616. The number of rotatable bonds is 2. The van der Waals surface area contributed by atoms with Crippen molar-refractivity contribution in [2.24, 2.45) is 0 Å². The summed E-state index contributed by atoms with van der Waals surface area (Å²) >= 11 is 0. The molecule has 4 heteroatoms. The molecule has 1 heterocycles. The molecule has 1 N–H and O–H groups in total. The second-order valence-electron chi connectivity index (χ2n) is 5.62. The van der Waals surface area contributed by atoms with Gasteiger partial charge >= 0.3 is 0 Å². The molecule has 19 heavy (non-hydrogen) atoms. The zero-order valence-corrected chi connectivity index (χ0v) is 11.6. The monoisotopic (exact) mass is 264 g/mol. The first-order valence-corrected chi connectivity index (χ1v) is 6.37. The Kier molecular flexibility index (Phi) is 3.43. The lowest BCUT2D eigenvalue weighted by molar-refractivity contribution is 0.510. The van der Waals surface area contributed by atoms with Gasteiger partial charge in [-0.2, -0.15) is 0 Å². The molecule has 0 radical (unpaired) electrons. The van der Waals surface area contributed by atoms with Gasteiger partial charge in [0.2, 0.25) is 0 Å². The van der Waals surface area contributed by atoms with Gasteiger partial charge in [-0.1, -0.05) is 20.8 Å². The molecule has 1 aromatic carbocycles. The molecule has 0 aliphatic carbocycles. The lowest BCUT2D eigenvalue weighted by Gasteiger charge is -2.20. The van der Waals surface area contributed by atoms with E-state index in [4.69, 9.17) is 0 Å². The summed E-state index contributed by atoms with van der Waals surface area (Å²) in [5, 5.41) is 3.79. The fourth-order valence-corrected chi connectivity index (χ4v) is 1.94. The van der Waals surface area contributed by atoms with Crippen molar-refractivity contribution >= 4 is 16.6 Å². The van der Waals surface area contributed by atoms with Crippen molar-refractivity contribution in [2.75, 3.05) is 11.9 Å². The Hall–Kier alpha value is -1.71. The first-order valence-electron chi connectivity index (χ1n) is 6.37. The second kappa shape index (κ2) is 4.76. The number of halogens is 2. The number of benzene rings is 1. The number of aromatic nitrogens is 1. The zero-order valence-electron chi connectivity index (χ0n) is 11.6. The Morgan fingerprint density at radius 3 is 2.32 bits per heavy atom. The minimum Gasteiger partial charge on any atom is -0.385 e. The number of nitrogens with one attached hydrogen (secondary N) is 1. The van der Waals surface area contributed by atoms with Gasteiger partial charge in [0.05, 0.1) is 5.52 Å². The number of nitrogens with zero attached hydrogens (tertiary/aromatic N) is 1. The van der Waals surface area contributed by atoms with Crippen LogP contribution in [-0.4, -0.2) is 11.5 Å². The maximum absolute atomic E-state index is 13.4. The highest BCUT2D eigenvalue weighted by Crippen LogP contribution is 2.30. The van der Waals surface area contributed by atoms with E-state index in [0.29, 0.717) is 17.4 Å². The van der Waals surface area contributed by atoms with Gasteiger partial charge in [0.25, 0.3) is 0 Å². The highest BCUT2D eigenvalue weighted by atomic mass is 19.2. The minimum atomic E-state index is -0.867. The van der Waals surface area contributed by atoms with Crippen LogP contribution in [-0.2, 0) is 5.41 Å². The minimum absolute atomic E-state index is 0.150. The maximum atomic E-state index is 13.4. The highest BCUT2D eigenvalue weighted by Gasteiger charge is 2.18. The number of anilines is 1. The summed E-state index contributed by atoms with van der Waals surface area (Å²) in [5.74, 6) is -1.72. The van der Waals surface area contributed by atoms with Gasteiger partial charge in [-0.05, 0) is 19.1 Å². The van der Waals surface area contributed by atoms with Crippen LogP contribution in [0.25, 0.3) is 10.9 Å². The molecule has 0 atom stereocenters. The molecule has 1 aromatic heterocycles. The van der Waals surface area contributed by atoms with Gasteiger partial charge in [-0.15, -0.1) is 0 Å². The Morgan fingerprint density at radius 2 is 1.74 bits per heavy atom. The van der Waals surface area contributed by atoms with Crippen molar-refractivity contribution < 1.29 is 8.78 Å². The van der Waals surface area contributed by atoms with Gasteiger partial charge in [-0.25, -0.2) is 8.78 Å². The summed E-state index contributed by atoms with van der Waals surface area (Å²) in [6, 6.07) is 4.26. The molecule has 0 bridgehead atoms. The summed E-state index contributed by atoms with van der Waals surface area (Å²) < 4.78 is 26.7. The van der Waals surface area contributed by atoms with Crippen LogP contribution >= 0.6 is 0 Å². The molecule has 0 saturated carbocycles. The normalized spacial score (nSPS) is 11.9. The van der Waals surface area contributed by atoms with E-state index < -0.39 is 11.6 Å². The second-order valence-corrected chi connectivity index (χ2v) is 5.62. The van der Waals surface area contributed by atoms with Crippen LogP contribution in [0.3, 0.4) is 0 Å². The Labute approximate surface area is 111 Å². The third kappa shape index (κ3) is 2.67. The Balaban J connectivity index is 2.75. The van der Waals surface area contributed by atoms with Crippen LogP contribution in [0.5, 0.6) is 0 Å². The van der Waals surface area contributed by atoms with Gasteiger partial charge in [0, 0.05) is 34.8 Å². The molecule has 2 nitrogen and oxygen atoms in total. The molecule has 0 amide bonds. The molecule has 0 fully saturated rings. The van der Waals surface area contributed by atoms with Crippen molar-refractivity contribution in [2.45, 2.75) is 33.1 Å². The van der Waals surface area contributed by atoms with Gasteiger partial charge in [0.1, 0.15) is 0 Å². The summed E-state index contributed by atoms with van der Waals surface area (Å²) in [5.41, 5.74) is 1.96. The van der Waals surface area contributed by atoms with E-state index in [1.807, 2.05) is 33.8 Å². The molecule has 0 saturated heterocycles. The van der Waals surface area contributed by atoms with Crippen LogP contribution in [0, 0.1) is 11.6 Å². The number of hydrogen-bond acceptors (Lipinski definition) is 2. The molecule has 0 aliphatic heterocycles. The fraction of sp³-hybridized carbons (Fsp3) is 0.400. The first-order chi connectivity index (χ1) is 8.82. The summed E-state index contributed by atoms with van der Waals surface area (Å²) in [4.78, 5) is 4.44. The molecule has 102 valence electrons. The van der Waals surface area contributed by atoms with E-state index in [-0.39, 0.29) is 5.41 Å². The van der Waals surface area contributed by atoms with Crippen molar-refractivity contribution in [3.8, 4) is 0 Å². The molecular weight excluding hydrogens is 246 g/mol. The quantitative estimate of drug-likeness (QED) is 0.877. The third-order valence-corrected chi connectivity index (χ3v) is 2.99. The van der Waals surface area contributed by atoms with Crippen molar-refractivity contribution in [3.63, 3.8) is 0 Å². The largest absolute Gasteiger partial charge is 0.385 e. The maximum Gasteiger partial charge on any atom is 0.161 e. The average Bonchev–Trinajstić information content (AvgIpc) is 2.30. The molecular formula is C15H18F2N2. The summed E-state index contributed by atoms with van der Waals surface area (Å²) in [6.45, 7) is 8.79. The van der Waals surface area contributed by atoms with Crippen LogP contribution in [0.2, 0.25) is 0 Å². The average molecular weight is 264 g/mol. The van der Waals surface area contributed by atoms with Crippen molar-refractivity contribution in [1.82, 2.24) is 4.98 Å². The van der Waals surface area contributed by atoms with Crippen LogP contribution in [0.1, 0.15) is 33.4 Å². The fourth-order valence-electron chi connectivity index (χ4n) is 1.94. The lowest BCUT2D eigenvalue weighted by atomic mass is 9.90. The van der Waals surface area contributed by atoms with E-state index in [1.54, 1.807) is 0 Å². The molecule has 2 rings (SSSR count).